The number of hydrogen-bond acceptors (Lipinski definition) is 3. The van der Waals surface area contributed by atoms with Crippen LogP contribution in [0.2, 0.25) is 0 Å². The van der Waals surface area contributed by atoms with Gasteiger partial charge >= 0.3 is 0 Å². The van der Waals surface area contributed by atoms with Gasteiger partial charge in [-0.3, -0.25) is 0 Å². The summed E-state index contributed by atoms with van der Waals surface area (Å²) in [7, 11) is 0. The minimum atomic E-state index is 0.370. The molecule has 0 aromatic carbocycles. The van der Waals surface area contributed by atoms with Gasteiger partial charge in [-0.2, -0.15) is 0 Å². The topological polar surface area (TPSA) is 52.0 Å². The summed E-state index contributed by atoms with van der Waals surface area (Å²) in [6, 6.07) is 1.46. The van der Waals surface area contributed by atoms with Crippen molar-refractivity contribution in [2.75, 3.05) is 5.73 Å². The molecule has 0 amide bonds. The van der Waals surface area contributed by atoms with E-state index >= 15 is 0 Å². The predicted octanol–water partition coefficient (Wildman–Crippen LogP) is 0.0570. The first-order chi connectivity index (χ1) is 2.89. The van der Waals surface area contributed by atoms with Crippen LogP contribution in [0, 0.1) is 6.26 Å². The molecule has 3 nitrogen and oxygen atoms in total. The average Bonchev–Trinajstić information content (AvgIpc) is 1.86. The van der Waals surface area contributed by atoms with Crippen molar-refractivity contribution in [3.63, 3.8) is 0 Å². The Balaban J connectivity index is 3.05. The van der Waals surface area contributed by atoms with Crippen molar-refractivity contribution < 1.29 is 4.52 Å². The van der Waals surface area contributed by atoms with E-state index in [0.717, 1.165) is 0 Å². The Morgan fingerprint density at radius 2 is 2.83 bits per heavy atom. The van der Waals surface area contributed by atoms with E-state index < -0.39 is 0 Å². The molecule has 0 saturated heterocycles. The molecule has 0 saturated carbocycles. The van der Waals surface area contributed by atoms with Crippen molar-refractivity contribution >= 4 is 5.82 Å². The van der Waals surface area contributed by atoms with Gasteiger partial charge in [-0.05, 0) is 0 Å². The molecule has 31 valence electrons. The van der Waals surface area contributed by atoms with Gasteiger partial charge in [0.15, 0.2) is 5.82 Å². The zero-order valence-electron chi connectivity index (χ0n) is 3.01. The largest absolute Gasteiger partial charge is 0.381 e. The lowest BCUT2D eigenvalue weighted by atomic mass is 10.7. The van der Waals surface area contributed by atoms with Gasteiger partial charge in [-0.25, -0.2) is 0 Å². The summed E-state index contributed by atoms with van der Waals surface area (Å²) in [6.45, 7) is 0. The van der Waals surface area contributed by atoms with Crippen LogP contribution in [0.1, 0.15) is 0 Å². The fourth-order valence-electron chi connectivity index (χ4n) is 0.192. The van der Waals surface area contributed by atoms with Crippen molar-refractivity contribution in [1.82, 2.24) is 5.16 Å². The van der Waals surface area contributed by atoms with Crippen molar-refractivity contribution in [2.45, 2.75) is 0 Å². The van der Waals surface area contributed by atoms with Crippen LogP contribution in [0.15, 0.2) is 10.6 Å². The molecular formula is C3H3N2O. The van der Waals surface area contributed by atoms with Crippen LogP contribution in [0.5, 0.6) is 0 Å². The molecule has 0 fully saturated rings. The second kappa shape index (κ2) is 1.01. The van der Waals surface area contributed by atoms with Crippen LogP contribution in [0.3, 0.4) is 0 Å². The Morgan fingerprint density at radius 3 is 3.00 bits per heavy atom. The maximum absolute atomic E-state index is 5.04. The minimum Gasteiger partial charge on any atom is -0.381 e. The number of nitrogens with zero attached hydrogens (tertiary/aromatic N) is 1. The summed E-state index contributed by atoms with van der Waals surface area (Å²) in [4.78, 5) is 0. The highest BCUT2D eigenvalue weighted by Gasteiger charge is 1.80. The molecule has 6 heavy (non-hydrogen) atoms. The summed E-state index contributed by atoms with van der Waals surface area (Å²) in [6.07, 6.45) is 2.32. The van der Waals surface area contributed by atoms with E-state index in [1.165, 1.54) is 6.07 Å². The summed E-state index contributed by atoms with van der Waals surface area (Å²) >= 11 is 0. The molecule has 0 unspecified atom stereocenters. The lowest BCUT2D eigenvalue weighted by Gasteiger charge is -1.64. The average molecular weight is 83.1 g/mol. The zero-order chi connectivity index (χ0) is 4.41. The molecule has 1 radical (unpaired) electrons. The lowest BCUT2D eigenvalue weighted by Crippen LogP contribution is -1.79. The monoisotopic (exact) mass is 83.0 g/mol. The third-order valence-electron chi connectivity index (χ3n) is 0.411. The molecule has 0 bridgehead atoms. The summed E-state index contributed by atoms with van der Waals surface area (Å²) in [5.41, 5.74) is 5.04. The maximum atomic E-state index is 5.04. The number of nitrogen functional groups attached to an aromatic ring is 1. The third-order valence-corrected chi connectivity index (χ3v) is 0.411. The van der Waals surface area contributed by atoms with Gasteiger partial charge in [0.2, 0.25) is 6.26 Å². The van der Waals surface area contributed by atoms with Crippen LogP contribution in [0.25, 0.3) is 0 Å². The fourth-order valence-corrected chi connectivity index (χ4v) is 0.192. The molecule has 1 aromatic heterocycles. The zero-order valence-corrected chi connectivity index (χ0v) is 3.01. The smallest absolute Gasteiger partial charge is 0.207 e. The SMILES string of the molecule is Nc1c[c]on1. The van der Waals surface area contributed by atoms with Gasteiger partial charge in [0.05, 0.1) is 0 Å². The minimum absolute atomic E-state index is 0.370. The Kier molecular flexibility index (Phi) is 0.538. The molecule has 0 aliphatic heterocycles. The van der Waals surface area contributed by atoms with E-state index in [1.807, 2.05) is 0 Å². The van der Waals surface area contributed by atoms with Crippen LogP contribution in [-0.4, -0.2) is 5.16 Å². The normalized spacial score (nSPS) is 8.67. The Labute approximate surface area is 34.7 Å². The Morgan fingerprint density at radius 1 is 2.00 bits per heavy atom. The van der Waals surface area contributed by atoms with Crippen molar-refractivity contribution in [3.05, 3.63) is 12.3 Å². The third kappa shape index (κ3) is 0.337. The second-order valence-corrected chi connectivity index (χ2v) is 0.870. The van der Waals surface area contributed by atoms with Crippen LogP contribution in [0.4, 0.5) is 5.82 Å². The van der Waals surface area contributed by atoms with E-state index in [-0.39, 0.29) is 0 Å². The van der Waals surface area contributed by atoms with Gasteiger partial charge in [0.25, 0.3) is 0 Å². The molecule has 0 spiro atoms. The van der Waals surface area contributed by atoms with E-state index in [0.29, 0.717) is 5.82 Å². The quantitative estimate of drug-likeness (QED) is 0.482. The van der Waals surface area contributed by atoms with Crippen LogP contribution >= 0.6 is 0 Å². The predicted molar refractivity (Wildman–Crippen MR) is 19.8 cm³/mol. The summed E-state index contributed by atoms with van der Waals surface area (Å²) < 4.78 is 4.21. The standard InChI is InChI=1S/C3H3N2O/c4-3-1-2-6-5-3/h1H,(H2,4,5). The molecule has 0 aliphatic rings. The van der Waals surface area contributed by atoms with Gasteiger partial charge < -0.3 is 10.3 Å². The molecule has 1 heterocycles. The number of hydrogen-bond donors (Lipinski definition) is 1. The number of aromatic nitrogens is 1. The molecule has 1 rings (SSSR count). The molecule has 3 heteroatoms. The molecule has 0 aliphatic carbocycles. The first-order valence-corrected chi connectivity index (χ1v) is 1.48. The first-order valence-electron chi connectivity index (χ1n) is 1.48. The van der Waals surface area contributed by atoms with E-state index in [1.54, 1.807) is 0 Å². The van der Waals surface area contributed by atoms with Gasteiger partial charge in [0, 0.05) is 6.07 Å². The molecule has 1 aromatic rings. The summed E-state index contributed by atoms with van der Waals surface area (Å²) in [5.74, 6) is 0.370. The fraction of sp³-hybridized carbons (Fsp3) is 0. The number of nitrogens with two attached hydrogens (primary N) is 1. The number of anilines is 1. The first kappa shape index (κ1) is 3.21. The van der Waals surface area contributed by atoms with Crippen LogP contribution < -0.4 is 5.73 Å². The van der Waals surface area contributed by atoms with E-state index in [9.17, 15) is 0 Å². The maximum Gasteiger partial charge on any atom is 0.207 e. The van der Waals surface area contributed by atoms with E-state index in [4.69, 9.17) is 5.73 Å². The second-order valence-electron chi connectivity index (χ2n) is 0.870. The Bertz CT molecular complexity index is 112. The highest BCUT2D eigenvalue weighted by atomic mass is 16.5. The molecular weight excluding hydrogens is 80.0 g/mol. The van der Waals surface area contributed by atoms with Gasteiger partial charge in [-0.1, -0.05) is 5.16 Å². The van der Waals surface area contributed by atoms with Crippen molar-refractivity contribution in [2.24, 2.45) is 0 Å². The molecule has 2 N–H and O–H groups in total. The van der Waals surface area contributed by atoms with Gasteiger partial charge in [0.1, 0.15) is 0 Å². The highest BCUT2D eigenvalue weighted by Crippen LogP contribution is 1.89. The van der Waals surface area contributed by atoms with E-state index in [2.05, 4.69) is 15.9 Å². The van der Waals surface area contributed by atoms with Gasteiger partial charge in [-0.15, -0.1) is 0 Å². The van der Waals surface area contributed by atoms with Crippen LogP contribution in [-0.2, 0) is 0 Å². The van der Waals surface area contributed by atoms with Crippen molar-refractivity contribution in [3.8, 4) is 0 Å². The Hall–Kier alpha value is -0.990. The molecule has 0 atom stereocenters. The number of rotatable bonds is 0. The lowest BCUT2D eigenvalue weighted by molar-refractivity contribution is 0.416. The summed E-state index contributed by atoms with van der Waals surface area (Å²) in [5, 5.41) is 3.26. The van der Waals surface area contributed by atoms with Crippen molar-refractivity contribution in [1.29, 1.82) is 0 Å². The highest BCUT2D eigenvalue weighted by molar-refractivity contribution is 5.20.